The molecule has 2 heterocycles. The first-order valence-electron chi connectivity index (χ1n) is 6.11. The molecule has 2 rings (SSSR count). The summed E-state index contributed by atoms with van der Waals surface area (Å²) in [6.07, 6.45) is 2.20. The fourth-order valence-electron chi connectivity index (χ4n) is 1.78. The molecule has 0 aliphatic carbocycles. The van der Waals surface area contributed by atoms with Crippen molar-refractivity contribution in [2.24, 2.45) is 0 Å². The molecule has 1 unspecified atom stereocenters. The van der Waals surface area contributed by atoms with Gasteiger partial charge in [0.1, 0.15) is 4.70 Å². The number of carbonyl (C=O) groups is 1. The van der Waals surface area contributed by atoms with Crippen LogP contribution in [0.1, 0.15) is 6.42 Å². The first-order valence-corrected chi connectivity index (χ1v) is 9.71. The second-order valence-corrected chi connectivity index (χ2v) is 7.71. The number of nitrogens with zero attached hydrogens (tertiary/aromatic N) is 2. The van der Waals surface area contributed by atoms with Crippen LogP contribution in [0.3, 0.4) is 0 Å². The van der Waals surface area contributed by atoms with Gasteiger partial charge in [0.05, 0.1) is 11.3 Å². The number of fused-ring (bicyclic) bond motifs is 1. The molecule has 0 amide bonds. The maximum absolute atomic E-state index is 12.4. The molecule has 0 fully saturated rings. The number of carboxylic acid groups (broad SMARTS) is 1. The molecule has 114 valence electrons. The van der Waals surface area contributed by atoms with E-state index in [1.165, 1.54) is 15.9 Å². The van der Waals surface area contributed by atoms with Gasteiger partial charge in [0.15, 0.2) is 5.16 Å². The maximum atomic E-state index is 12.4. The molecular weight excluding hydrogens is 332 g/mol. The van der Waals surface area contributed by atoms with Crippen LogP contribution in [0.15, 0.2) is 21.4 Å². The van der Waals surface area contributed by atoms with Crippen molar-refractivity contribution in [3.8, 4) is 0 Å². The second-order valence-electron chi connectivity index (χ2n) is 4.30. The number of carboxylic acids is 1. The minimum Gasteiger partial charge on any atom is -0.481 e. The molecule has 21 heavy (non-hydrogen) atoms. The van der Waals surface area contributed by atoms with E-state index in [1.54, 1.807) is 17.7 Å². The van der Waals surface area contributed by atoms with Gasteiger partial charge in [0.2, 0.25) is 0 Å². The third-order valence-corrected chi connectivity index (χ3v) is 5.39. The van der Waals surface area contributed by atoms with E-state index in [9.17, 15) is 13.8 Å². The molecule has 0 aromatic carbocycles. The van der Waals surface area contributed by atoms with Gasteiger partial charge in [-0.3, -0.25) is 18.4 Å². The fraction of sp³-hybridized carbons (Fsp3) is 0.417. The average molecular weight is 346 g/mol. The number of thioether (sulfide) groups is 1. The van der Waals surface area contributed by atoms with Gasteiger partial charge in [-0.15, -0.1) is 11.3 Å². The van der Waals surface area contributed by atoms with Crippen molar-refractivity contribution >= 4 is 50.1 Å². The summed E-state index contributed by atoms with van der Waals surface area (Å²) < 4.78 is 13.2. The summed E-state index contributed by atoms with van der Waals surface area (Å²) >= 11 is 2.35. The molecule has 0 spiro atoms. The van der Waals surface area contributed by atoms with Crippen LogP contribution >= 0.6 is 23.1 Å². The number of hydrogen-bond donors (Lipinski definition) is 1. The highest BCUT2D eigenvalue weighted by atomic mass is 32.2. The largest absolute Gasteiger partial charge is 0.481 e. The van der Waals surface area contributed by atoms with E-state index in [1.807, 2.05) is 0 Å². The predicted octanol–water partition coefficient (Wildman–Crippen LogP) is 1.40. The van der Waals surface area contributed by atoms with E-state index in [0.29, 0.717) is 34.1 Å². The van der Waals surface area contributed by atoms with Gasteiger partial charge in [-0.2, -0.15) is 0 Å². The van der Waals surface area contributed by atoms with Crippen LogP contribution in [0, 0.1) is 0 Å². The first-order chi connectivity index (χ1) is 9.99. The molecule has 0 radical (unpaired) electrons. The summed E-state index contributed by atoms with van der Waals surface area (Å²) in [6.45, 7) is 0.390. The van der Waals surface area contributed by atoms with Crippen molar-refractivity contribution in [1.29, 1.82) is 0 Å². The van der Waals surface area contributed by atoms with Gasteiger partial charge in [-0.1, -0.05) is 11.8 Å². The van der Waals surface area contributed by atoms with Crippen molar-refractivity contribution in [2.45, 2.75) is 18.1 Å². The van der Waals surface area contributed by atoms with Gasteiger partial charge >= 0.3 is 5.97 Å². The Hall–Kier alpha value is -1.19. The average Bonchev–Trinajstić information content (AvgIpc) is 2.87. The minimum atomic E-state index is -0.958. The molecule has 0 aliphatic rings. The van der Waals surface area contributed by atoms with Gasteiger partial charge in [-0.05, 0) is 17.9 Å². The standard InChI is InChI=1S/C12H14N2O4S3/c1-21(18)6-2-4-14-11(17)10-8(3-5-19-10)13-12(14)20-7-9(15)16/h3,5H,2,4,6-7H2,1H3,(H,15,16). The van der Waals surface area contributed by atoms with Crippen molar-refractivity contribution in [3.63, 3.8) is 0 Å². The Morgan fingerprint density at radius 1 is 1.57 bits per heavy atom. The highest BCUT2D eigenvalue weighted by Gasteiger charge is 2.13. The predicted molar refractivity (Wildman–Crippen MR) is 85.8 cm³/mol. The third-order valence-electron chi connectivity index (χ3n) is 2.67. The topological polar surface area (TPSA) is 89.3 Å². The normalized spacial score (nSPS) is 12.6. The summed E-state index contributed by atoms with van der Waals surface area (Å²) in [5.41, 5.74) is 0.429. The van der Waals surface area contributed by atoms with Gasteiger partial charge in [-0.25, -0.2) is 4.98 Å². The molecular formula is C12H14N2O4S3. The lowest BCUT2D eigenvalue weighted by atomic mass is 10.4. The van der Waals surface area contributed by atoms with E-state index in [2.05, 4.69) is 4.98 Å². The molecule has 0 aliphatic heterocycles. The summed E-state index contributed by atoms with van der Waals surface area (Å²) in [5.74, 6) is -0.611. The zero-order valence-corrected chi connectivity index (χ0v) is 13.7. The molecule has 0 saturated heterocycles. The van der Waals surface area contributed by atoms with Crippen LogP contribution in [-0.2, 0) is 22.1 Å². The molecule has 0 saturated carbocycles. The van der Waals surface area contributed by atoms with Crippen LogP contribution in [-0.4, -0.2) is 42.6 Å². The third kappa shape index (κ3) is 4.14. The van der Waals surface area contributed by atoms with E-state index in [0.717, 1.165) is 11.8 Å². The van der Waals surface area contributed by atoms with Crippen molar-refractivity contribution in [1.82, 2.24) is 9.55 Å². The summed E-state index contributed by atoms with van der Waals surface area (Å²) in [7, 11) is -0.917. The van der Waals surface area contributed by atoms with E-state index in [4.69, 9.17) is 5.11 Å². The Bertz CT molecular complexity index is 738. The molecule has 9 heteroatoms. The Morgan fingerprint density at radius 2 is 2.33 bits per heavy atom. The zero-order chi connectivity index (χ0) is 15.4. The molecule has 1 atom stereocenters. The van der Waals surface area contributed by atoms with Crippen molar-refractivity contribution in [3.05, 3.63) is 21.8 Å². The molecule has 2 aromatic rings. The summed E-state index contributed by atoms with van der Waals surface area (Å²) in [4.78, 5) is 27.5. The Morgan fingerprint density at radius 3 is 3.00 bits per heavy atom. The molecule has 0 bridgehead atoms. The Labute approximate surface area is 131 Å². The highest BCUT2D eigenvalue weighted by Crippen LogP contribution is 2.21. The molecule has 2 aromatic heterocycles. The lowest BCUT2D eigenvalue weighted by Gasteiger charge is -2.10. The SMILES string of the molecule is CS(=O)CCCn1c(SCC(=O)O)nc2ccsc2c1=O. The number of thiophene rings is 1. The van der Waals surface area contributed by atoms with Crippen molar-refractivity contribution in [2.75, 3.05) is 17.8 Å². The number of hydrogen-bond acceptors (Lipinski definition) is 6. The number of aromatic nitrogens is 2. The number of aliphatic carboxylic acids is 1. The Kier molecular flexibility index (Phi) is 5.54. The minimum absolute atomic E-state index is 0.151. The van der Waals surface area contributed by atoms with E-state index < -0.39 is 16.8 Å². The van der Waals surface area contributed by atoms with E-state index in [-0.39, 0.29) is 11.3 Å². The summed E-state index contributed by atoms with van der Waals surface area (Å²) in [5, 5.41) is 11.0. The quantitative estimate of drug-likeness (QED) is 0.602. The van der Waals surface area contributed by atoms with Crippen LogP contribution < -0.4 is 5.56 Å². The van der Waals surface area contributed by atoms with Crippen LogP contribution in [0.5, 0.6) is 0 Å². The van der Waals surface area contributed by atoms with Crippen LogP contribution in [0.2, 0.25) is 0 Å². The first kappa shape index (κ1) is 16.2. The highest BCUT2D eigenvalue weighted by molar-refractivity contribution is 7.99. The smallest absolute Gasteiger partial charge is 0.313 e. The second kappa shape index (κ2) is 7.19. The number of rotatable bonds is 7. The maximum Gasteiger partial charge on any atom is 0.313 e. The van der Waals surface area contributed by atoms with Gasteiger partial charge in [0, 0.05) is 29.4 Å². The monoisotopic (exact) mass is 346 g/mol. The van der Waals surface area contributed by atoms with Gasteiger partial charge < -0.3 is 5.11 Å². The lowest BCUT2D eigenvalue weighted by Crippen LogP contribution is -2.23. The molecule has 1 N–H and O–H groups in total. The van der Waals surface area contributed by atoms with Crippen LogP contribution in [0.25, 0.3) is 10.2 Å². The summed E-state index contributed by atoms with van der Waals surface area (Å²) in [6, 6.07) is 1.75. The fourth-order valence-corrected chi connectivity index (χ4v) is 3.84. The Balaban J connectivity index is 2.34. The zero-order valence-electron chi connectivity index (χ0n) is 11.3. The molecule has 6 nitrogen and oxygen atoms in total. The van der Waals surface area contributed by atoms with Crippen molar-refractivity contribution < 1.29 is 14.1 Å². The van der Waals surface area contributed by atoms with Crippen LogP contribution in [0.4, 0.5) is 0 Å². The van der Waals surface area contributed by atoms with Gasteiger partial charge in [0.25, 0.3) is 5.56 Å². The lowest BCUT2D eigenvalue weighted by molar-refractivity contribution is -0.133. The van der Waals surface area contributed by atoms with E-state index >= 15 is 0 Å².